The maximum absolute atomic E-state index is 3.12. The zero-order chi connectivity index (χ0) is 15.1. The molecule has 0 saturated heterocycles. The molecule has 0 bridgehead atoms. The van der Waals surface area contributed by atoms with Gasteiger partial charge in [0.05, 0.1) is 0 Å². The lowest BCUT2D eigenvalue weighted by molar-refractivity contribution is 0.444. The van der Waals surface area contributed by atoms with Gasteiger partial charge in [-0.15, -0.1) is 0 Å². The summed E-state index contributed by atoms with van der Waals surface area (Å²) in [6.45, 7) is 4.49. The molecule has 110 valence electrons. The van der Waals surface area contributed by atoms with Crippen LogP contribution in [0.25, 0.3) is 22.9 Å². The van der Waals surface area contributed by atoms with Crippen molar-refractivity contribution in [2.45, 2.75) is 51.9 Å². The van der Waals surface area contributed by atoms with Gasteiger partial charge in [-0.05, 0) is 83.3 Å². The van der Waals surface area contributed by atoms with Crippen LogP contribution in [-0.4, -0.2) is 0 Å². The van der Waals surface area contributed by atoms with Crippen LogP contribution < -0.4 is 0 Å². The molecular formula is C22H22. The van der Waals surface area contributed by atoms with Crippen LogP contribution in [0.5, 0.6) is 0 Å². The molecule has 2 aromatic carbocycles. The van der Waals surface area contributed by atoms with Gasteiger partial charge in [-0.25, -0.2) is 0 Å². The maximum Gasteiger partial charge on any atom is -0.00335 e. The van der Waals surface area contributed by atoms with E-state index in [1.54, 1.807) is 5.56 Å². The van der Waals surface area contributed by atoms with Crippen molar-refractivity contribution in [2.75, 3.05) is 0 Å². The Kier molecular flexibility index (Phi) is 3.30. The van der Waals surface area contributed by atoms with Gasteiger partial charge in [0.1, 0.15) is 0 Å². The van der Waals surface area contributed by atoms with Gasteiger partial charge in [0.25, 0.3) is 0 Å². The summed E-state index contributed by atoms with van der Waals surface area (Å²) in [4.78, 5) is 0. The molecule has 4 rings (SSSR count). The largest absolute Gasteiger partial charge is 0.0696 e. The van der Waals surface area contributed by atoms with Crippen LogP contribution in [-0.2, 0) is 0 Å². The first kappa shape index (κ1) is 13.6. The molecule has 0 heterocycles. The van der Waals surface area contributed by atoms with Crippen molar-refractivity contribution in [3.63, 3.8) is 0 Å². The molecule has 2 aliphatic carbocycles. The van der Waals surface area contributed by atoms with Gasteiger partial charge in [-0.2, -0.15) is 0 Å². The molecule has 0 amide bonds. The summed E-state index contributed by atoms with van der Waals surface area (Å²) < 4.78 is 0. The first-order valence-corrected chi connectivity index (χ1v) is 8.50. The summed E-state index contributed by atoms with van der Waals surface area (Å²) >= 11 is 0. The van der Waals surface area contributed by atoms with E-state index < -0.39 is 0 Å². The number of hydrogen-bond acceptors (Lipinski definition) is 0. The minimum absolute atomic E-state index is 0.768. The Morgan fingerprint density at radius 1 is 0.818 bits per heavy atom. The third-order valence-electron chi connectivity index (χ3n) is 5.54. The Morgan fingerprint density at radius 2 is 1.45 bits per heavy atom. The smallest absolute Gasteiger partial charge is 0.00335 e. The second kappa shape index (κ2) is 5.33. The van der Waals surface area contributed by atoms with Gasteiger partial charge < -0.3 is 0 Å². The average Bonchev–Trinajstić information content (AvgIpc) is 2.60. The van der Waals surface area contributed by atoms with Crippen LogP contribution in [0.3, 0.4) is 0 Å². The normalized spacial score (nSPS) is 17.2. The lowest BCUT2D eigenvalue weighted by Gasteiger charge is -2.23. The highest BCUT2D eigenvalue weighted by molar-refractivity contribution is 5.96. The first-order chi connectivity index (χ1) is 10.8. The van der Waals surface area contributed by atoms with E-state index in [9.17, 15) is 0 Å². The Morgan fingerprint density at radius 3 is 2.14 bits per heavy atom. The van der Waals surface area contributed by atoms with Crippen molar-refractivity contribution in [2.24, 2.45) is 0 Å². The van der Waals surface area contributed by atoms with E-state index >= 15 is 0 Å². The van der Waals surface area contributed by atoms with Crippen molar-refractivity contribution in [1.82, 2.24) is 0 Å². The van der Waals surface area contributed by atoms with Gasteiger partial charge in [0.15, 0.2) is 0 Å². The van der Waals surface area contributed by atoms with Crippen molar-refractivity contribution in [1.29, 1.82) is 0 Å². The van der Waals surface area contributed by atoms with Crippen LogP contribution in [0.1, 0.15) is 65.8 Å². The zero-order valence-corrected chi connectivity index (χ0v) is 13.5. The highest BCUT2D eigenvalue weighted by Gasteiger charge is 2.18. The molecular weight excluding hydrogens is 264 g/mol. The SMILES string of the molecule is Cc1c2c(c(C)c3cc(C4CCCCC4)ccc13)C=C=C=C2. The molecule has 0 N–H and O–H groups in total. The molecule has 0 unspecified atom stereocenters. The van der Waals surface area contributed by atoms with E-state index in [1.807, 2.05) is 0 Å². The van der Waals surface area contributed by atoms with Gasteiger partial charge in [0, 0.05) is 0 Å². The lowest BCUT2D eigenvalue weighted by atomic mass is 9.82. The Bertz CT molecular complexity index is 847. The molecule has 1 saturated carbocycles. The summed E-state index contributed by atoms with van der Waals surface area (Å²) in [7, 11) is 0. The Balaban J connectivity index is 1.92. The summed E-state index contributed by atoms with van der Waals surface area (Å²) in [6.07, 6.45) is 11.1. The summed E-state index contributed by atoms with van der Waals surface area (Å²) in [5, 5.41) is 2.82. The first-order valence-electron chi connectivity index (χ1n) is 8.50. The number of benzene rings is 2. The topological polar surface area (TPSA) is 0 Å². The molecule has 22 heavy (non-hydrogen) atoms. The minimum Gasteiger partial charge on any atom is -0.0696 e. The summed E-state index contributed by atoms with van der Waals surface area (Å²) in [6, 6.07) is 7.18. The van der Waals surface area contributed by atoms with Gasteiger partial charge in [0.2, 0.25) is 0 Å². The fourth-order valence-corrected chi connectivity index (χ4v) is 4.18. The standard InChI is InChI=1S/C22H22/c1-15-19-10-6-7-11-20(19)16(2)22-14-18(12-13-21(15)22)17-8-4-3-5-9-17/h10-14,17H,3-5,8-9H2,1-2H3. The average molecular weight is 286 g/mol. The van der Waals surface area contributed by atoms with Crippen molar-refractivity contribution in [3.8, 4) is 0 Å². The number of rotatable bonds is 1. The second-order valence-corrected chi connectivity index (χ2v) is 6.79. The van der Waals surface area contributed by atoms with Crippen LogP contribution in [0.2, 0.25) is 0 Å². The maximum atomic E-state index is 3.12. The highest BCUT2D eigenvalue weighted by atomic mass is 14.2. The fraction of sp³-hybridized carbons (Fsp3) is 0.364. The Labute approximate surface area is 132 Å². The number of aryl methyl sites for hydroxylation is 2. The van der Waals surface area contributed by atoms with E-state index in [0.29, 0.717) is 0 Å². The lowest BCUT2D eigenvalue weighted by Crippen LogP contribution is -2.05. The molecule has 1 fully saturated rings. The molecule has 0 heteroatoms. The van der Waals surface area contributed by atoms with Crippen LogP contribution >= 0.6 is 0 Å². The van der Waals surface area contributed by atoms with Crippen molar-refractivity contribution >= 4 is 22.9 Å². The highest BCUT2D eigenvalue weighted by Crippen LogP contribution is 2.37. The van der Waals surface area contributed by atoms with E-state index in [0.717, 1.165) is 5.92 Å². The molecule has 0 aromatic heterocycles. The van der Waals surface area contributed by atoms with Crippen molar-refractivity contribution < 1.29 is 0 Å². The van der Waals surface area contributed by atoms with Gasteiger partial charge in [-0.1, -0.05) is 48.9 Å². The predicted octanol–water partition coefficient (Wildman–Crippen LogP) is 6.30. The number of fused-ring (bicyclic) bond motifs is 2. The molecule has 0 atom stereocenters. The molecule has 2 aliphatic rings. The third kappa shape index (κ3) is 2.08. The predicted molar refractivity (Wildman–Crippen MR) is 95.2 cm³/mol. The zero-order valence-electron chi connectivity index (χ0n) is 13.5. The van der Waals surface area contributed by atoms with Crippen LogP contribution in [0.4, 0.5) is 0 Å². The minimum atomic E-state index is 0.768. The Hall–Kier alpha value is -2.00. The summed E-state index contributed by atoms with van der Waals surface area (Å²) in [5.74, 6) is 0.768. The van der Waals surface area contributed by atoms with Crippen LogP contribution in [0.15, 0.2) is 29.7 Å². The molecule has 2 aromatic rings. The van der Waals surface area contributed by atoms with Crippen LogP contribution in [0, 0.1) is 13.8 Å². The van der Waals surface area contributed by atoms with Gasteiger partial charge >= 0.3 is 0 Å². The summed E-state index contributed by atoms with van der Waals surface area (Å²) in [5.41, 5.74) is 13.2. The number of hydrogen-bond donors (Lipinski definition) is 0. The van der Waals surface area contributed by atoms with E-state index in [4.69, 9.17) is 0 Å². The second-order valence-electron chi connectivity index (χ2n) is 6.79. The fourth-order valence-electron chi connectivity index (χ4n) is 4.18. The van der Waals surface area contributed by atoms with E-state index in [-0.39, 0.29) is 0 Å². The monoisotopic (exact) mass is 286 g/mol. The van der Waals surface area contributed by atoms with Crippen molar-refractivity contribution in [3.05, 3.63) is 57.5 Å². The third-order valence-corrected chi connectivity index (χ3v) is 5.54. The quantitative estimate of drug-likeness (QED) is 0.461. The van der Waals surface area contributed by atoms with E-state index in [2.05, 4.69) is 55.7 Å². The molecule has 0 spiro atoms. The molecule has 0 nitrogen and oxygen atoms in total. The molecule has 0 aliphatic heterocycles. The van der Waals surface area contributed by atoms with Gasteiger partial charge in [-0.3, -0.25) is 0 Å². The molecule has 0 radical (unpaired) electrons. The van der Waals surface area contributed by atoms with E-state index in [1.165, 1.54) is 65.1 Å².